The van der Waals surface area contributed by atoms with Gasteiger partial charge in [-0.3, -0.25) is 0 Å². The molecule has 4 heteroatoms. The maximum Gasteiger partial charge on any atom is 0.184 e. The summed E-state index contributed by atoms with van der Waals surface area (Å²) in [7, 11) is 0. The van der Waals surface area contributed by atoms with E-state index in [1.54, 1.807) is 0 Å². The summed E-state index contributed by atoms with van der Waals surface area (Å²) in [6.45, 7) is 1.29. The molecule has 0 saturated carbocycles. The van der Waals surface area contributed by atoms with Gasteiger partial charge in [0.1, 0.15) is 6.61 Å². The summed E-state index contributed by atoms with van der Waals surface area (Å²) in [6.07, 6.45) is 1.68. The van der Waals surface area contributed by atoms with E-state index in [-0.39, 0.29) is 6.04 Å². The van der Waals surface area contributed by atoms with Gasteiger partial charge in [0.15, 0.2) is 5.90 Å². The largest absolute Gasteiger partial charge is 0.479 e. The molecule has 1 aliphatic rings. The molecular weight excluding hydrogens is 268 g/mol. The van der Waals surface area contributed by atoms with Gasteiger partial charge in [0.2, 0.25) is 0 Å². The minimum Gasteiger partial charge on any atom is -0.479 e. The lowest BCUT2D eigenvalue weighted by Gasteiger charge is -2.04. The zero-order valence-corrected chi connectivity index (χ0v) is 10.6. The van der Waals surface area contributed by atoms with E-state index < -0.39 is 0 Å². The van der Waals surface area contributed by atoms with Crippen LogP contribution in [0.3, 0.4) is 0 Å². The lowest BCUT2D eigenvalue weighted by Crippen LogP contribution is -2.10. The van der Waals surface area contributed by atoms with Crippen molar-refractivity contribution in [2.75, 3.05) is 13.2 Å². The summed E-state index contributed by atoms with van der Waals surface area (Å²) in [4.78, 5) is 4.50. The van der Waals surface area contributed by atoms with Gasteiger partial charge < -0.3 is 10.5 Å². The summed E-state index contributed by atoms with van der Waals surface area (Å²) in [6, 6.07) is 8.58. The Balaban J connectivity index is 1.93. The Morgan fingerprint density at radius 2 is 2.12 bits per heavy atom. The zero-order valence-electron chi connectivity index (χ0n) is 9.03. The maximum atomic E-state index is 5.46. The fourth-order valence-corrected chi connectivity index (χ4v) is 1.99. The fraction of sp³-hybridized carbons (Fsp3) is 0.417. The highest BCUT2D eigenvalue weighted by Gasteiger charge is 2.18. The summed E-state index contributed by atoms with van der Waals surface area (Å²) < 4.78 is 6.57. The van der Waals surface area contributed by atoms with Gasteiger partial charge in [0.25, 0.3) is 0 Å². The smallest absolute Gasteiger partial charge is 0.184 e. The Kier molecular flexibility index (Phi) is 3.96. The number of benzene rings is 1. The molecule has 0 saturated heterocycles. The number of rotatable bonds is 4. The van der Waals surface area contributed by atoms with Crippen LogP contribution in [0.25, 0.3) is 0 Å². The standard InChI is InChI=1S/C12H15BrN2O/c13-10-3-1-9(2-4-10)7-11-8-16-12(15-11)5-6-14/h1-4,11H,5-8,14H2. The molecule has 86 valence electrons. The molecule has 1 aliphatic heterocycles. The van der Waals surface area contributed by atoms with Gasteiger partial charge in [0, 0.05) is 17.4 Å². The highest BCUT2D eigenvalue weighted by atomic mass is 79.9. The first-order valence-corrected chi connectivity index (χ1v) is 6.21. The first kappa shape index (κ1) is 11.6. The predicted molar refractivity (Wildman–Crippen MR) is 68.7 cm³/mol. The van der Waals surface area contributed by atoms with E-state index in [1.165, 1.54) is 5.56 Å². The average Bonchev–Trinajstić information content (AvgIpc) is 2.70. The number of halogens is 1. The van der Waals surface area contributed by atoms with Crippen molar-refractivity contribution >= 4 is 21.8 Å². The van der Waals surface area contributed by atoms with Gasteiger partial charge in [0.05, 0.1) is 6.04 Å². The molecule has 0 aliphatic carbocycles. The summed E-state index contributed by atoms with van der Waals surface area (Å²) in [5, 5.41) is 0. The van der Waals surface area contributed by atoms with Crippen molar-refractivity contribution in [3.8, 4) is 0 Å². The lowest BCUT2D eigenvalue weighted by molar-refractivity contribution is 0.309. The molecule has 1 atom stereocenters. The second-order valence-corrected chi connectivity index (χ2v) is 4.77. The van der Waals surface area contributed by atoms with E-state index in [1.807, 2.05) is 0 Å². The molecule has 0 aromatic heterocycles. The van der Waals surface area contributed by atoms with Crippen LogP contribution in [0.2, 0.25) is 0 Å². The quantitative estimate of drug-likeness (QED) is 0.920. The van der Waals surface area contributed by atoms with E-state index in [0.29, 0.717) is 13.2 Å². The number of aliphatic imine (C=N–C) groups is 1. The van der Waals surface area contributed by atoms with Crippen LogP contribution in [0.15, 0.2) is 33.7 Å². The van der Waals surface area contributed by atoms with Crippen molar-refractivity contribution in [3.63, 3.8) is 0 Å². The van der Waals surface area contributed by atoms with Crippen LogP contribution in [-0.2, 0) is 11.2 Å². The third-order valence-corrected chi connectivity index (χ3v) is 3.04. The number of nitrogens with two attached hydrogens (primary N) is 1. The summed E-state index contributed by atoms with van der Waals surface area (Å²) in [5.74, 6) is 0.810. The normalized spacial score (nSPS) is 19.4. The molecule has 1 aromatic rings. The van der Waals surface area contributed by atoms with Gasteiger partial charge >= 0.3 is 0 Å². The van der Waals surface area contributed by atoms with Gasteiger partial charge in [-0.05, 0) is 24.1 Å². The van der Waals surface area contributed by atoms with E-state index in [4.69, 9.17) is 10.5 Å². The Hall–Kier alpha value is -0.870. The topological polar surface area (TPSA) is 47.6 Å². The van der Waals surface area contributed by atoms with Crippen molar-refractivity contribution in [2.24, 2.45) is 10.7 Å². The van der Waals surface area contributed by atoms with E-state index in [2.05, 4.69) is 45.2 Å². The van der Waals surface area contributed by atoms with Crippen LogP contribution in [0.4, 0.5) is 0 Å². The molecule has 0 radical (unpaired) electrons. The van der Waals surface area contributed by atoms with Crippen molar-refractivity contribution in [1.82, 2.24) is 0 Å². The highest BCUT2D eigenvalue weighted by Crippen LogP contribution is 2.15. The third-order valence-electron chi connectivity index (χ3n) is 2.51. The zero-order chi connectivity index (χ0) is 11.4. The first-order valence-electron chi connectivity index (χ1n) is 5.42. The van der Waals surface area contributed by atoms with Crippen LogP contribution >= 0.6 is 15.9 Å². The Bertz CT molecular complexity index is 375. The Morgan fingerprint density at radius 1 is 1.38 bits per heavy atom. The van der Waals surface area contributed by atoms with Crippen LogP contribution in [0.1, 0.15) is 12.0 Å². The van der Waals surface area contributed by atoms with Crippen molar-refractivity contribution in [1.29, 1.82) is 0 Å². The van der Waals surface area contributed by atoms with E-state index >= 15 is 0 Å². The minimum absolute atomic E-state index is 0.253. The number of hydrogen-bond donors (Lipinski definition) is 1. The molecule has 0 spiro atoms. The fourth-order valence-electron chi connectivity index (χ4n) is 1.73. The molecule has 0 fully saturated rings. The highest BCUT2D eigenvalue weighted by molar-refractivity contribution is 9.10. The summed E-state index contributed by atoms with van der Waals surface area (Å²) in [5.41, 5.74) is 6.74. The van der Waals surface area contributed by atoms with Gasteiger partial charge in [-0.15, -0.1) is 0 Å². The second-order valence-electron chi connectivity index (χ2n) is 3.86. The lowest BCUT2D eigenvalue weighted by atomic mass is 10.1. The van der Waals surface area contributed by atoms with Gasteiger partial charge in [-0.1, -0.05) is 28.1 Å². The monoisotopic (exact) mass is 282 g/mol. The third kappa shape index (κ3) is 3.06. The second kappa shape index (κ2) is 5.46. The van der Waals surface area contributed by atoms with Crippen LogP contribution in [0, 0.1) is 0 Å². The van der Waals surface area contributed by atoms with E-state index in [9.17, 15) is 0 Å². The average molecular weight is 283 g/mol. The first-order chi connectivity index (χ1) is 7.78. The van der Waals surface area contributed by atoms with Gasteiger partial charge in [-0.2, -0.15) is 0 Å². The number of nitrogens with zero attached hydrogens (tertiary/aromatic N) is 1. The number of ether oxygens (including phenoxy) is 1. The molecule has 16 heavy (non-hydrogen) atoms. The molecular formula is C12H15BrN2O. The molecule has 2 N–H and O–H groups in total. The predicted octanol–water partition coefficient (Wildman–Crippen LogP) is 2.14. The van der Waals surface area contributed by atoms with Gasteiger partial charge in [-0.25, -0.2) is 4.99 Å². The van der Waals surface area contributed by atoms with Crippen molar-refractivity contribution in [2.45, 2.75) is 18.9 Å². The molecule has 0 amide bonds. The molecule has 1 unspecified atom stereocenters. The summed E-state index contributed by atoms with van der Waals surface area (Å²) >= 11 is 3.42. The Morgan fingerprint density at radius 3 is 2.81 bits per heavy atom. The maximum absolute atomic E-state index is 5.46. The molecule has 1 aromatic carbocycles. The minimum atomic E-state index is 0.253. The van der Waals surface area contributed by atoms with Crippen molar-refractivity contribution < 1.29 is 4.74 Å². The Labute approximate surface area is 104 Å². The van der Waals surface area contributed by atoms with Crippen molar-refractivity contribution in [3.05, 3.63) is 34.3 Å². The molecule has 2 rings (SSSR count). The molecule has 0 bridgehead atoms. The van der Waals surface area contributed by atoms with Crippen LogP contribution in [0.5, 0.6) is 0 Å². The van der Waals surface area contributed by atoms with Crippen LogP contribution < -0.4 is 5.73 Å². The van der Waals surface area contributed by atoms with Crippen LogP contribution in [-0.4, -0.2) is 25.1 Å². The number of hydrogen-bond acceptors (Lipinski definition) is 3. The van der Waals surface area contributed by atoms with E-state index in [0.717, 1.165) is 23.2 Å². The molecule has 3 nitrogen and oxygen atoms in total. The SMILES string of the molecule is NCCC1=NC(Cc2ccc(Br)cc2)CO1. The molecule has 1 heterocycles.